The minimum Gasteiger partial charge on any atom is -0.406 e. The lowest BCUT2D eigenvalue weighted by Crippen LogP contribution is -2.50. The van der Waals surface area contributed by atoms with Crippen LogP contribution in [0.2, 0.25) is 0 Å². The Morgan fingerprint density at radius 2 is 1.81 bits per heavy atom. The van der Waals surface area contributed by atoms with Gasteiger partial charge in [0.15, 0.2) is 0 Å². The third kappa shape index (κ3) is 6.60. The maximum Gasteiger partial charge on any atom is 0.573 e. The molecule has 3 heterocycles. The van der Waals surface area contributed by atoms with Gasteiger partial charge < -0.3 is 20.1 Å². The van der Waals surface area contributed by atoms with Crippen LogP contribution in [0.5, 0.6) is 5.75 Å². The molecule has 5 rings (SSSR count). The van der Waals surface area contributed by atoms with Crippen molar-refractivity contribution in [3.05, 3.63) is 69.6 Å². The van der Waals surface area contributed by atoms with Gasteiger partial charge in [-0.1, -0.05) is 12.1 Å². The van der Waals surface area contributed by atoms with Crippen LogP contribution < -0.4 is 10.1 Å². The highest BCUT2D eigenvalue weighted by Crippen LogP contribution is 2.33. The van der Waals surface area contributed by atoms with Gasteiger partial charge in [0.25, 0.3) is 11.8 Å². The lowest BCUT2D eigenvalue weighted by molar-refractivity contribution is -0.274. The van der Waals surface area contributed by atoms with Crippen LogP contribution in [0, 0.1) is 13.8 Å². The SMILES string of the molecule is Cc1cc(C(=O)N2CC[C@H](O)C2)cc(C)c1/C=C/S(=O)(=O)N1CCC2(CC1)N=C(c1cccc(OC(F)(F)F)c1)NC2=O. The summed E-state index contributed by atoms with van der Waals surface area (Å²) in [5.74, 6) is -0.977. The highest BCUT2D eigenvalue weighted by molar-refractivity contribution is 7.92. The molecule has 2 fully saturated rings. The molecular weight excluding hydrogens is 589 g/mol. The van der Waals surface area contributed by atoms with Crippen molar-refractivity contribution in [2.75, 3.05) is 26.2 Å². The summed E-state index contributed by atoms with van der Waals surface area (Å²) in [7, 11) is -3.87. The van der Waals surface area contributed by atoms with Crippen molar-refractivity contribution in [1.82, 2.24) is 14.5 Å². The van der Waals surface area contributed by atoms with Gasteiger partial charge in [0, 0.05) is 42.7 Å². The Bertz CT molecular complexity index is 1590. The van der Waals surface area contributed by atoms with Crippen LogP contribution in [0.15, 0.2) is 46.8 Å². The summed E-state index contributed by atoms with van der Waals surface area (Å²) in [5, 5.41) is 13.5. The van der Waals surface area contributed by atoms with E-state index in [1.807, 2.05) is 0 Å². The number of carbonyl (C=O) groups is 2. The second-order valence-corrected chi connectivity index (χ2v) is 12.8. The monoisotopic (exact) mass is 620 g/mol. The van der Waals surface area contributed by atoms with E-state index in [-0.39, 0.29) is 49.8 Å². The Hall–Kier alpha value is -3.75. The van der Waals surface area contributed by atoms with Crippen LogP contribution in [-0.4, -0.2) is 84.6 Å². The third-order valence-electron chi connectivity index (χ3n) is 7.93. The highest BCUT2D eigenvalue weighted by Gasteiger charge is 2.47. The number of benzene rings is 2. The van der Waals surface area contributed by atoms with Crippen molar-refractivity contribution < 1.29 is 41.0 Å². The molecule has 1 atom stereocenters. The molecule has 2 saturated heterocycles. The summed E-state index contributed by atoms with van der Waals surface area (Å²) in [6.45, 7) is 4.37. The predicted molar refractivity (Wildman–Crippen MR) is 152 cm³/mol. The number of amides is 2. The zero-order valence-corrected chi connectivity index (χ0v) is 24.3. The molecule has 0 aromatic heterocycles. The molecule has 2 amide bonds. The number of sulfonamides is 1. The number of β-amino-alcohol motifs (C(OH)–C–C–N with tert-alkyl or cyclic N) is 1. The van der Waals surface area contributed by atoms with E-state index < -0.39 is 39.7 Å². The van der Waals surface area contributed by atoms with Gasteiger partial charge >= 0.3 is 6.36 Å². The standard InChI is InChI=1S/C29H31F3N4O6S/c1-18-14-21(26(38)35-10-6-22(37)17-35)15-19(2)24(18)7-13-43(40,41)36-11-8-28(9-12-36)27(39)33-25(34-28)20-4-3-5-23(16-20)42-29(30,31)32/h3-5,7,13-16,22,37H,6,8-12,17H2,1-2H3,(H,33,34,39)/b13-7+/t22-/m0/s1. The zero-order valence-electron chi connectivity index (χ0n) is 23.5. The Morgan fingerprint density at radius 1 is 1.14 bits per heavy atom. The van der Waals surface area contributed by atoms with Crippen molar-refractivity contribution in [1.29, 1.82) is 0 Å². The average molecular weight is 621 g/mol. The molecule has 43 heavy (non-hydrogen) atoms. The molecule has 0 radical (unpaired) electrons. The van der Waals surface area contributed by atoms with Gasteiger partial charge in [0.1, 0.15) is 17.1 Å². The summed E-state index contributed by atoms with van der Waals surface area (Å²) >= 11 is 0. The molecule has 14 heteroatoms. The largest absolute Gasteiger partial charge is 0.573 e. The fraction of sp³-hybridized carbons (Fsp3) is 0.414. The fourth-order valence-electron chi connectivity index (χ4n) is 5.65. The number of amidine groups is 1. The summed E-state index contributed by atoms with van der Waals surface area (Å²) in [5.41, 5.74) is 1.59. The molecule has 2 aromatic rings. The van der Waals surface area contributed by atoms with Crippen LogP contribution >= 0.6 is 0 Å². The van der Waals surface area contributed by atoms with Crippen molar-refractivity contribution in [3.63, 3.8) is 0 Å². The van der Waals surface area contributed by atoms with Gasteiger partial charge in [-0.3, -0.25) is 14.6 Å². The molecule has 0 unspecified atom stereocenters. The van der Waals surface area contributed by atoms with E-state index in [0.717, 1.165) is 28.7 Å². The van der Waals surface area contributed by atoms with Gasteiger partial charge in [-0.15, -0.1) is 13.2 Å². The van der Waals surface area contributed by atoms with E-state index in [9.17, 15) is 36.3 Å². The first-order valence-corrected chi connectivity index (χ1v) is 15.2. The van der Waals surface area contributed by atoms with E-state index in [4.69, 9.17) is 0 Å². The number of hydrogen-bond donors (Lipinski definition) is 2. The van der Waals surface area contributed by atoms with E-state index in [0.29, 0.717) is 24.1 Å². The maximum atomic E-state index is 13.2. The van der Waals surface area contributed by atoms with Crippen molar-refractivity contribution in [3.8, 4) is 5.75 Å². The number of carbonyl (C=O) groups excluding carboxylic acids is 2. The van der Waals surface area contributed by atoms with Crippen LogP contribution in [0.4, 0.5) is 13.2 Å². The third-order valence-corrected chi connectivity index (χ3v) is 9.49. The van der Waals surface area contributed by atoms with E-state index >= 15 is 0 Å². The number of alkyl halides is 3. The van der Waals surface area contributed by atoms with E-state index in [2.05, 4.69) is 15.0 Å². The smallest absolute Gasteiger partial charge is 0.406 e. The second kappa shape index (κ2) is 11.4. The lowest BCUT2D eigenvalue weighted by atomic mass is 9.89. The van der Waals surface area contributed by atoms with Crippen LogP contribution in [-0.2, 0) is 14.8 Å². The number of rotatable bonds is 6. The predicted octanol–water partition coefficient (Wildman–Crippen LogP) is 3.12. The minimum atomic E-state index is -4.87. The summed E-state index contributed by atoms with van der Waals surface area (Å²) in [6, 6.07) is 8.52. The average Bonchev–Trinajstić information content (AvgIpc) is 3.50. The van der Waals surface area contributed by atoms with Crippen LogP contribution in [0.3, 0.4) is 0 Å². The van der Waals surface area contributed by atoms with Gasteiger partial charge in [-0.2, -0.15) is 4.31 Å². The number of halogens is 3. The Balaban J connectivity index is 1.26. The van der Waals surface area contributed by atoms with Gasteiger partial charge in [0.05, 0.1) is 6.10 Å². The number of aliphatic hydroxyl groups is 1. The summed E-state index contributed by atoms with van der Waals surface area (Å²) in [6.07, 6.45) is -3.19. The topological polar surface area (TPSA) is 129 Å². The molecule has 0 saturated carbocycles. The number of nitrogens with zero attached hydrogens (tertiary/aromatic N) is 3. The minimum absolute atomic E-state index is 0.0151. The van der Waals surface area contributed by atoms with Gasteiger partial charge in [0.2, 0.25) is 10.0 Å². The van der Waals surface area contributed by atoms with Crippen molar-refractivity contribution in [2.45, 2.75) is 51.1 Å². The fourth-order valence-corrected chi connectivity index (χ4v) is 6.83. The number of likely N-dealkylation sites (tertiary alicyclic amines) is 1. The molecule has 3 aliphatic heterocycles. The van der Waals surface area contributed by atoms with Crippen LogP contribution in [0.1, 0.15) is 51.9 Å². The molecule has 0 aliphatic carbocycles. The summed E-state index contributed by atoms with van der Waals surface area (Å²) < 4.78 is 69.5. The number of hydrogen-bond acceptors (Lipinski definition) is 7. The molecule has 2 aromatic carbocycles. The van der Waals surface area contributed by atoms with Crippen LogP contribution in [0.25, 0.3) is 6.08 Å². The molecule has 1 spiro atoms. The Kier molecular flexibility index (Phi) is 8.13. The molecular formula is C29H31F3N4O6S. The summed E-state index contributed by atoms with van der Waals surface area (Å²) in [4.78, 5) is 31.8. The highest BCUT2D eigenvalue weighted by atomic mass is 32.2. The molecule has 2 N–H and O–H groups in total. The molecule has 0 bridgehead atoms. The van der Waals surface area contributed by atoms with Gasteiger partial charge in [-0.25, -0.2) is 8.42 Å². The number of aryl methyl sites for hydroxylation is 2. The van der Waals surface area contributed by atoms with Gasteiger partial charge in [-0.05, 0) is 80.1 Å². The number of aliphatic imine (C=N–C) groups is 1. The first-order valence-electron chi connectivity index (χ1n) is 13.7. The quantitative estimate of drug-likeness (QED) is 0.511. The molecule has 230 valence electrons. The first-order chi connectivity index (χ1) is 20.2. The number of nitrogens with one attached hydrogen (secondary N) is 1. The lowest BCUT2D eigenvalue weighted by Gasteiger charge is -2.34. The maximum absolute atomic E-state index is 13.2. The normalized spacial score (nSPS) is 21.0. The number of aliphatic hydroxyl groups excluding tert-OH is 1. The number of piperidine rings is 1. The Labute approximate surface area is 246 Å². The van der Waals surface area contributed by atoms with E-state index in [1.54, 1.807) is 30.9 Å². The van der Waals surface area contributed by atoms with Crippen molar-refractivity contribution >= 4 is 33.7 Å². The van der Waals surface area contributed by atoms with E-state index in [1.165, 1.54) is 22.5 Å². The first kappa shape index (κ1) is 30.7. The Morgan fingerprint density at radius 3 is 2.42 bits per heavy atom. The second-order valence-electron chi connectivity index (χ2n) is 11.0. The number of ether oxygens (including phenoxy) is 1. The molecule has 3 aliphatic rings. The van der Waals surface area contributed by atoms with Crippen molar-refractivity contribution in [2.24, 2.45) is 4.99 Å². The zero-order chi connectivity index (χ0) is 31.2. The molecule has 10 nitrogen and oxygen atoms in total.